The molecule has 1 aliphatic heterocycles. The van der Waals surface area contributed by atoms with E-state index in [1.165, 1.54) is 0 Å². The Hall–Kier alpha value is -2.57. The summed E-state index contributed by atoms with van der Waals surface area (Å²) < 4.78 is 16.8. The zero-order valence-corrected chi connectivity index (χ0v) is 14.9. The van der Waals surface area contributed by atoms with Gasteiger partial charge in [0.15, 0.2) is 11.5 Å². The molecule has 0 spiro atoms. The van der Waals surface area contributed by atoms with E-state index in [0.29, 0.717) is 6.61 Å². The summed E-state index contributed by atoms with van der Waals surface area (Å²) in [5.74, 6) is 2.29. The van der Waals surface area contributed by atoms with Crippen molar-refractivity contribution in [2.75, 3.05) is 46.6 Å². The van der Waals surface area contributed by atoms with Gasteiger partial charge in [-0.05, 0) is 30.3 Å². The zero-order chi connectivity index (χ0) is 17.8. The van der Waals surface area contributed by atoms with E-state index in [1.807, 2.05) is 42.5 Å². The van der Waals surface area contributed by atoms with Crippen LogP contribution in [-0.2, 0) is 4.74 Å². The number of nitrogens with zero attached hydrogens (tertiary/aromatic N) is 2. The van der Waals surface area contributed by atoms with Gasteiger partial charge in [0.05, 0.1) is 31.4 Å². The number of fused-ring (bicyclic) bond motifs is 1. The molecule has 2 heterocycles. The van der Waals surface area contributed by atoms with Crippen LogP contribution in [0, 0.1) is 0 Å². The van der Waals surface area contributed by atoms with Gasteiger partial charge in [0.1, 0.15) is 12.4 Å². The number of methoxy groups -OCH3 is 1. The van der Waals surface area contributed by atoms with Crippen LogP contribution < -0.4 is 9.47 Å². The van der Waals surface area contributed by atoms with Crippen LogP contribution in [0.4, 0.5) is 0 Å². The van der Waals surface area contributed by atoms with Gasteiger partial charge in [-0.3, -0.25) is 4.90 Å². The molecule has 1 aromatic heterocycles. The zero-order valence-electron chi connectivity index (χ0n) is 14.9. The first-order chi connectivity index (χ1) is 12.8. The molecule has 1 aliphatic rings. The van der Waals surface area contributed by atoms with Gasteiger partial charge in [0, 0.05) is 25.2 Å². The lowest BCUT2D eigenvalue weighted by atomic mass is 10.2. The first kappa shape index (κ1) is 16.9. The number of para-hydroxylation sites is 2. The first-order valence-corrected chi connectivity index (χ1v) is 8.89. The molecule has 0 atom stereocenters. The van der Waals surface area contributed by atoms with Gasteiger partial charge in [0.2, 0.25) is 0 Å². The molecule has 0 amide bonds. The third-order valence-electron chi connectivity index (χ3n) is 4.60. The average molecular weight is 353 g/mol. The lowest BCUT2D eigenvalue weighted by molar-refractivity contribution is 0.0321. The molecule has 3 aromatic rings. The number of hydrogen-bond acceptors (Lipinski definition) is 5. The molecule has 0 unspecified atom stereocenters. The maximum Gasteiger partial charge on any atom is 0.161 e. The summed E-state index contributed by atoms with van der Waals surface area (Å²) in [5, 5.41) is 0. The highest BCUT2D eigenvalue weighted by molar-refractivity contribution is 5.79. The highest BCUT2D eigenvalue weighted by Gasteiger charge is 2.13. The Kier molecular flexibility index (Phi) is 5.04. The van der Waals surface area contributed by atoms with Crippen molar-refractivity contribution in [3.8, 4) is 22.9 Å². The number of aromatic nitrogens is 2. The highest BCUT2D eigenvalue weighted by atomic mass is 16.5. The average Bonchev–Trinajstić information content (AvgIpc) is 3.13. The number of morpholine rings is 1. The van der Waals surface area contributed by atoms with Gasteiger partial charge in [-0.2, -0.15) is 0 Å². The quantitative estimate of drug-likeness (QED) is 0.738. The number of nitrogens with one attached hydrogen (secondary N) is 1. The smallest absolute Gasteiger partial charge is 0.161 e. The summed E-state index contributed by atoms with van der Waals surface area (Å²) in [6.45, 7) is 5.00. The molecule has 0 bridgehead atoms. The molecule has 1 fully saturated rings. The molecule has 136 valence electrons. The molecule has 6 heteroatoms. The molecule has 26 heavy (non-hydrogen) atoms. The minimum atomic E-state index is 0.611. The van der Waals surface area contributed by atoms with Crippen LogP contribution in [-0.4, -0.2) is 61.4 Å². The van der Waals surface area contributed by atoms with Gasteiger partial charge in [0.25, 0.3) is 0 Å². The molecule has 1 saturated heterocycles. The fourth-order valence-corrected chi connectivity index (χ4v) is 3.14. The molecular formula is C20H23N3O3. The van der Waals surface area contributed by atoms with Crippen LogP contribution in [0.5, 0.6) is 11.5 Å². The third kappa shape index (κ3) is 3.66. The number of H-pyrrole nitrogens is 1. The molecular weight excluding hydrogens is 330 g/mol. The SMILES string of the molecule is COc1ccc(-c2nc3ccccc3[nH]2)cc1OCCN1CCOCC1. The van der Waals surface area contributed by atoms with Crippen LogP contribution in [0.2, 0.25) is 0 Å². The van der Waals surface area contributed by atoms with Crippen LogP contribution in [0.25, 0.3) is 22.4 Å². The van der Waals surface area contributed by atoms with Crippen LogP contribution in [0.15, 0.2) is 42.5 Å². The van der Waals surface area contributed by atoms with E-state index in [2.05, 4.69) is 14.9 Å². The van der Waals surface area contributed by atoms with Crippen LogP contribution >= 0.6 is 0 Å². The summed E-state index contributed by atoms with van der Waals surface area (Å²) >= 11 is 0. The van der Waals surface area contributed by atoms with E-state index in [9.17, 15) is 0 Å². The van der Waals surface area contributed by atoms with Gasteiger partial charge in [-0.25, -0.2) is 4.98 Å². The van der Waals surface area contributed by atoms with Gasteiger partial charge in [-0.1, -0.05) is 12.1 Å². The molecule has 0 radical (unpaired) electrons. The van der Waals surface area contributed by atoms with Crippen molar-refractivity contribution in [1.82, 2.24) is 14.9 Å². The summed E-state index contributed by atoms with van der Waals surface area (Å²) in [4.78, 5) is 10.4. The minimum absolute atomic E-state index is 0.611. The Morgan fingerprint density at radius 2 is 1.96 bits per heavy atom. The summed E-state index contributed by atoms with van der Waals surface area (Å²) in [6.07, 6.45) is 0. The third-order valence-corrected chi connectivity index (χ3v) is 4.60. The number of benzene rings is 2. The van der Waals surface area contributed by atoms with Crippen molar-refractivity contribution in [1.29, 1.82) is 0 Å². The van der Waals surface area contributed by atoms with Gasteiger partial charge >= 0.3 is 0 Å². The number of aromatic amines is 1. The second-order valence-corrected chi connectivity index (χ2v) is 6.27. The standard InChI is InChI=1S/C20H23N3O3/c1-24-18-7-6-15(20-21-16-4-2-3-5-17(16)22-20)14-19(18)26-13-10-23-8-11-25-12-9-23/h2-7,14H,8-13H2,1H3,(H,21,22). The van der Waals surface area contributed by atoms with E-state index < -0.39 is 0 Å². The Bertz CT molecular complexity index is 839. The lowest BCUT2D eigenvalue weighted by Gasteiger charge is -2.26. The Balaban J connectivity index is 1.50. The van der Waals surface area contributed by atoms with Crippen molar-refractivity contribution in [3.63, 3.8) is 0 Å². The maximum atomic E-state index is 6.02. The Morgan fingerprint density at radius 3 is 2.77 bits per heavy atom. The largest absolute Gasteiger partial charge is 0.493 e. The molecule has 0 aliphatic carbocycles. The maximum absolute atomic E-state index is 6.02. The highest BCUT2D eigenvalue weighted by Crippen LogP contribution is 2.32. The van der Waals surface area contributed by atoms with Crippen molar-refractivity contribution in [2.45, 2.75) is 0 Å². The van der Waals surface area contributed by atoms with E-state index in [0.717, 1.165) is 66.8 Å². The number of hydrogen-bond donors (Lipinski definition) is 1. The topological polar surface area (TPSA) is 59.6 Å². The van der Waals surface area contributed by atoms with Gasteiger partial charge < -0.3 is 19.2 Å². The summed E-state index contributed by atoms with van der Waals surface area (Å²) in [7, 11) is 1.66. The lowest BCUT2D eigenvalue weighted by Crippen LogP contribution is -2.38. The number of ether oxygens (including phenoxy) is 3. The fourth-order valence-electron chi connectivity index (χ4n) is 3.14. The van der Waals surface area contributed by atoms with E-state index >= 15 is 0 Å². The van der Waals surface area contributed by atoms with Crippen LogP contribution in [0.1, 0.15) is 0 Å². The summed E-state index contributed by atoms with van der Waals surface area (Å²) in [6, 6.07) is 13.9. The predicted molar refractivity (Wildman–Crippen MR) is 101 cm³/mol. The monoisotopic (exact) mass is 353 g/mol. The van der Waals surface area contributed by atoms with Crippen molar-refractivity contribution in [3.05, 3.63) is 42.5 Å². The number of imidazole rings is 1. The van der Waals surface area contributed by atoms with Crippen molar-refractivity contribution >= 4 is 11.0 Å². The first-order valence-electron chi connectivity index (χ1n) is 8.89. The minimum Gasteiger partial charge on any atom is -0.493 e. The normalized spacial score (nSPS) is 15.3. The van der Waals surface area contributed by atoms with E-state index in [-0.39, 0.29) is 0 Å². The molecule has 6 nitrogen and oxygen atoms in total. The Labute approximate surface area is 152 Å². The fraction of sp³-hybridized carbons (Fsp3) is 0.350. The van der Waals surface area contributed by atoms with E-state index in [1.54, 1.807) is 7.11 Å². The second kappa shape index (κ2) is 7.76. The second-order valence-electron chi connectivity index (χ2n) is 6.27. The van der Waals surface area contributed by atoms with Crippen molar-refractivity contribution < 1.29 is 14.2 Å². The Morgan fingerprint density at radius 1 is 1.12 bits per heavy atom. The molecule has 2 aromatic carbocycles. The van der Waals surface area contributed by atoms with Gasteiger partial charge in [-0.15, -0.1) is 0 Å². The molecule has 4 rings (SSSR count). The summed E-state index contributed by atoms with van der Waals surface area (Å²) in [5.41, 5.74) is 2.95. The molecule has 0 saturated carbocycles. The number of rotatable bonds is 6. The molecule has 1 N–H and O–H groups in total. The van der Waals surface area contributed by atoms with Crippen LogP contribution in [0.3, 0.4) is 0 Å². The predicted octanol–water partition coefficient (Wildman–Crippen LogP) is 2.95. The van der Waals surface area contributed by atoms with Crippen molar-refractivity contribution in [2.24, 2.45) is 0 Å². The van der Waals surface area contributed by atoms with E-state index in [4.69, 9.17) is 14.2 Å².